The molecule has 0 aliphatic heterocycles. The molecule has 25 heavy (non-hydrogen) atoms. The van der Waals surface area contributed by atoms with Crippen LogP contribution in [0.2, 0.25) is 0 Å². The maximum absolute atomic E-state index is 13.2. The summed E-state index contributed by atoms with van der Waals surface area (Å²) in [7, 11) is 0. The smallest absolute Gasteiger partial charge is 0.263 e. The Morgan fingerprint density at radius 1 is 1.48 bits per heavy atom. The van der Waals surface area contributed by atoms with Crippen LogP contribution in [0.3, 0.4) is 0 Å². The molecule has 1 atom stereocenters. The SMILES string of the molecule is CC(C)CCn1c(SCC(N)=O)nc2sc3c(c2c1=O)CCC(C)C3. The number of thioether (sulfide) groups is 1. The van der Waals surface area contributed by atoms with Crippen LogP contribution in [0.5, 0.6) is 0 Å². The van der Waals surface area contributed by atoms with Gasteiger partial charge in [0.05, 0.1) is 11.1 Å². The van der Waals surface area contributed by atoms with Crippen LogP contribution in [-0.4, -0.2) is 21.2 Å². The van der Waals surface area contributed by atoms with Gasteiger partial charge in [0.25, 0.3) is 5.56 Å². The predicted molar refractivity (Wildman–Crippen MR) is 104 cm³/mol. The molecule has 0 fully saturated rings. The summed E-state index contributed by atoms with van der Waals surface area (Å²) in [5.41, 5.74) is 6.54. The van der Waals surface area contributed by atoms with E-state index in [2.05, 4.69) is 20.8 Å². The van der Waals surface area contributed by atoms with Crippen LogP contribution in [0.1, 0.15) is 44.1 Å². The lowest BCUT2D eigenvalue weighted by atomic mass is 9.89. The van der Waals surface area contributed by atoms with Gasteiger partial charge in [-0.15, -0.1) is 11.3 Å². The van der Waals surface area contributed by atoms with E-state index in [1.807, 2.05) is 0 Å². The van der Waals surface area contributed by atoms with E-state index in [1.165, 1.54) is 22.2 Å². The fourth-order valence-corrected chi connectivity index (χ4v) is 5.42. The first-order chi connectivity index (χ1) is 11.9. The van der Waals surface area contributed by atoms with E-state index in [0.29, 0.717) is 23.5 Å². The van der Waals surface area contributed by atoms with Gasteiger partial charge in [-0.2, -0.15) is 0 Å². The topological polar surface area (TPSA) is 78.0 Å². The van der Waals surface area contributed by atoms with Crippen molar-refractivity contribution >= 4 is 39.2 Å². The lowest BCUT2D eigenvalue weighted by molar-refractivity contribution is -0.115. The van der Waals surface area contributed by atoms with Gasteiger partial charge in [0.1, 0.15) is 4.83 Å². The number of primary amides is 1. The van der Waals surface area contributed by atoms with Gasteiger partial charge >= 0.3 is 0 Å². The van der Waals surface area contributed by atoms with E-state index in [0.717, 1.165) is 35.9 Å². The Labute approximate surface area is 156 Å². The monoisotopic (exact) mass is 379 g/mol. The van der Waals surface area contributed by atoms with E-state index in [1.54, 1.807) is 15.9 Å². The Balaban J connectivity index is 2.10. The predicted octanol–water partition coefficient (Wildman–Crippen LogP) is 3.21. The number of amides is 1. The Bertz CT molecular complexity index is 854. The lowest BCUT2D eigenvalue weighted by Crippen LogP contribution is -2.25. The second-order valence-electron chi connectivity index (χ2n) is 7.32. The zero-order valence-corrected chi connectivity index (χ0v) is 16.6. The summed E-state index contributed by atoms with van der Waals surface area (Å²) >= 11 is 2.91. The lowest BCUT2D eigenvalue weighted by Gasteiger charge is -2.18. The number of hydrogen-bond donors (Lipinski definition) is 1. The molecule has 1 unspecified atom stereocenters. The highest BCUT2D eigenvalue weighted by atomic mass is 32.2. The molecule has 1 aliphatic rings. The van der Waals surface area contributed by atoms with Gasteiger partial charge in [0.2, 0.25) is 5.91 Å². The van der Waals surface area contributed by atoms with Crippen LogP contribution in [0.25, 0.3) is 10.2 Å². The molecular weight excluding hydrogens is 354 g/mol. The number of aryl methyl sites for hydroxylation is 1. The molecule has 3 rings (SSSR count). The normalized spacial score (nSPS) is 17.2. The fourth-order valence-electron chi connectivity index (χ4n) is 3.24. The molecule has 0 saturated carbocycles. The molecular formula is C18H25N3O2S2. The molecule has 7 heteroatoms. The Kier molecular flexibility index (Phi) is 5.53. The van der Waals surface area contributed by atoms with Gasteiger partial charge in [-0.1, -0.05) is 32.5 Å². The fraction of sp³-hybridized carbons (Fsp3) is 0.611. The maximum Gasteiger partial charge on any atom is 0.263 e. The Morgan fingerprint density at radius 3 is 2.92 bits per heavy atom. The second kappa shape index (κ2) is 7.50. The Hall–Kier alpha value is -1.34. The third-order valence-corrected chi connectivity index (χ3v) is 6.80. The van der Waals surface area contributed by atoms with E-state index in [-0.39, 0.29) is 11.3 Å². The number of carbonyl (C=O) groups excluding carboxylic acids is 1. The first-order valence-electron chi connectivity index (χ1n) is 8.83. The zero-order valence-electron chi connectivity index (χ0n) is 15.0. The van der Waals surface area contributed by atoms with Crippen molar-refractivity contribution in [3.63, 3.8) is 0 Å². The first-order valence-corrected chi connectivity index (χ1v) is 10.6. The van der Waals surface area contributed by atoms with Crippen LogP contribution in [0, 0.1) is 11.8 Å². The Morgan fingerprint density at radius 2 is 2.24 bits per heavy atom. The summed E-state index contributed by atoms with van der Waals surface area (Å²) < 4.78 is 1.75. The summed E-state index contributed by atoms with van der Waals surface area (Å²) in [6.45, 7) is 7.17. The summed E-state index contributed by atoms with van der Waals surface area (Å²) in [5, 5.41) is 1.42. The highest BCUT2D eigenvalue weighted by Gasteiger charge is 2.24. The summed E-state index contributed by atoms with van der Waals surface area (Å²) in [6.07, 6.45) is 4.03. The number of carbonyl (C=O) groups is 1. The van der Waals surface area contributed by atoms with Crippen molar-refractivity contribution in [2.45, 2.75) is 58.2 Å². The summed E-state index contributed by atoms with van der Waals surface area (Å²) in [6, 6.07) is 0. The number of fused-ring (bicyclic) bond motifs is 3. The van der Waals surface area contributed by atoms with Crippen molar-refractivity contribution in [3.05, 3.63) is 20.8 Å². The minimum atomic E-state index is -0.394. The summed E-state index contributed by atoms with van der Waals surface area (Å²) in [5.74, 6) is 0.900. The highest BCUT2D eigenvalue weighted by molar-refractivity contribution is 7.99. The number of aromatic nitrogens is 2. The number of hydrogen-bond acceptors (Lipinski definition) is 5. The van der Waals surface area contributed by atoms with Crippen molar-refractivity contribution in [2.75, 3.05) is 5.75 Å². The molecule has 2 heterocycles. The molecule has 5 nitrogen and oxygen atoms in total. The van der Waals surface area contributed by atoms with E-state index in [4.69, 9.17) is 10.7 Å². The van der Waals surface area contributed by atoms with Crippen molar-refractivity contribution in [1.82, 2.24) is 9.55 Å². The van der Waals surface area contributed by atoms with Gasteiger partial charge < -0.3 is 5.73 Å². The second-order valence-corrected chi connectivity index (χ2v) is 9.35. The van der Waals surface area contributed by atoms with Gasteiger partial charge in [-0.25, -0.2) is 4.98 Å². The van der Waals surface area contributed by atoms with Crippen LogP contribution in [0.15, 0.2) is 9.95 Å². The van der Waals surface area contributed by atoms with Crippen molar-refractivity contribution < 1.29 is 4.79 Å². The van der Waals surface area contributed by atoms with Gasteiger partial charge in [-0.3, -0.25) is 14.2 Å². The van der Waals surface area contributed by atoms with E-state index < -0.39 is 5.91 Å². The van der Waals surface area contributed by atoms with Gasteiger partial charge in [-0.05, 0) is 43.1 Å². The molecule has 2 N–H and O–H groups in total. The first kappa shape index (κ1) is 18.5. The van der Waals surface area contributed by atoms with Gasteiger partial charge in [0.15, 0.2) is 5.16 Å². The summed E-state index contributed by atoms with van der Waals surface area (Å²) in [4.78, 5) is 31.3. The molecule has 136 valence electrons. The quantitative estimate of drug-likeness (QED) is 0.617. The van der Waals surface area contributed by atoms with Crippen molar-refractivity contribution in [3.8, 4) is 0 Å². The zero-order chi connectivity index (χ0) is 18.1. The molecule has 2 aromatic heterocycles. The standard InChI is InChI=1S/C18H25N3O2S2/c1-10(2)6-7-21-17(23)15-12-5-4-11(3)8-13(12)25-16(15)20-18(21)24-9-14(19)22/h10-11H,4-9H2,1-3H3,(H2,19,22). The molecule has 0 bridgehead atoms. The highest BCUT2D eigenvalue weighted by Crippen LogP contribution is 2.36. The maximum atomic E-state index is 13.2. The third kappa shape index (κ3) is 3.92. The molecule has 0 aromatic carbocycles. The van der Waals surface area contributed by atoms with Crippen LogP contribution >= 0.6 is 23.1 Å². The number of nitrogens with zero attached hydrogens (tertiary/aromatic N) is 2. The molecule has 2 aromatic rings. The molecule has 0 saturated heterocycles. The number of rotatable bonds is 6. The molecule has 1 aliphatic carbocycles. The van der Waals surface area contributed by atoms with E-state index >= 15 is 0 Å². The van der Waals surface area contributed by atoms with Crippen molar-refractivity contribution in [1.29, 1.82) is 0 Å². The third-order valence-electron chi connectivity index (χ3n) is 4.65. The molecule has 1 amide bonds. The van der Waals surface area contributed by atoms with Crippen LogP contribution in [-0.2, 0) is 24.2 Å². The molecule has 0 radical (unpaired) electrons. The molecule has 0 spiro atoms. The average molecular weight is 380 g/mol. The minimum absolute atomic E-state index is 0.0460. The van der Waals surface area contributed by atoms with Crippen LogP contribution in [0.4, 0.5) is 0 Å². The number of thiophene rings is 1. The van der Waals surface area contributed by atoms with Gasteiger partial charge in [0, 0.05) is 11.4 Å². The minimum Gasteiger partial charge on any atom is -0.369 e. The average Bonchev–Trinajstić information content (AvgIpc) is 2.89. The van der Waals surface area contributed by atoms with E-state index in [9.17, 15) is 9.59 Å². The van der Waals surface area contributed by atoms with Crippen LogP contribution < -0.4 is 11.3 Å². The largest absolute Gasteiger partial charge is 0.369 e. The number of nitrogens with two attached hydrogens (primary N) is 1. The van der Waals surface area contributed by atoms with Crippen molar-refractivity contribution in [2.24, 2.45) is 17.6 Å².